The lowest BCUT2D eigenvalue weighted by Crippen LogP contribution is -1.85. The Bertz CT molecular complexity index is 408. The number of thioether (sulfide) groups is 1. The number of hydrogen-bond acceptors (Lipinski definition) is 3. The molecule has 0 aliphatic rings. The van der Waals surface area contributed by atoms with Crippen molar-refractivity contribution in [1.29, 1.82) is 0 Å². The average molecular weight is 179 g/mol. The van der Waals surface area contributed by atoms with Crippen molar-refractivity contribution in [3.8, 4) is 0 Å². The summed E-state index contributed by atoms with van der Waals surface area (Å²) in [7, 11) is 0. The van der Waals surface area contributed by atoms with E-state index in [1.165, 1.54) is 5.56 Å². The Morgan fingerprint density at radius 3 is 3.08 bits per heavy atom. The van der Waals surface area contributed by atoms with Gasteiger partial charge in [0.25, 0.3) is 0 Å². The fourth-order valence-corrected chi connectivity index (χ4v) is 1.40. The van der Waals surface area contributed by atoms with E-state index in [1.807, 2.05) is 31.5 Å². The second-order valence-electron chi connectivity index (χ2n) is 2.61. The highest BCUT2D eigenvalue weighted by Gasteiger charge is 2.00. The number of fused-ring (bicyclic) bond motifs is 1. The van der Waals surface area contributed by atoms with Crippen LogP contribution in [0.25, 0.3) is 5.65 Å². The van der Waals surface area contributed by atoms with E-state index >= 15 is 0 Å². The van der Waals surface area contributed by atoms with Gasteiger partial charge < -0.3 is 0 Å². The number of aromatic nitrogens is 3. The predicted octanol–water partition coefficient (Wildman–Crippen LogP) is 1.76. The normalized spacial score (nSPS) is 10.8. The molecule has 0 radical (unpaired) electrons. The van der Waals surface area contributed by atoms with Crippen LogP contribution < -0.4 is 0 Å². The summed E-state index contributed by atoms with van der Waals surface area (Å²) in [4.78, 5) is 4.31. The molecule has 0 aliphatic carbocycles. The Labute approximate surface area is 74.8 Å². The number of nitrogens with zero attached hydrogens (tertiary/aromatic N) is 3. The van der Waals surface area contributed by atoms with Crippen LogP contribution >= 0.6 is 11.8 Å². The zero-order valence-corrected chi connectivity index (χ0v) is 7.80. The van der Waals surface area contributed by atoms with Gasteiger partial charge in [0, 0.05) is 6.20 Å². The van der Waals surface area contributed by atoms with Crippen LogP contribution in [0.2, 0.25) is 0 Å². The van der Waals surface area contributed by atoms with Crippen molar-refractivity contribution in [1.82, 2.24) is 14.6 Å². The Hall–Kier alpha value is -1.03. The summed E-state index contributed by atoms with van der Waals surface area (Å²) >= 11 is 1.56. The summed E-state index contributed by atoms with van der Waals surface area (Å²) in [6.45, 7) is 2.05. The molecule has 2 rings (SSSR count). The second kappa shape index (κ2) is 2.79. The molecule has 2 aromatic rings. The molecule has 62 valence electrons. The van der Waals surface area contributed by atoms with Gasteiger partial charge >= 0.3 is 0 Å². The molecule has 2 heterocycles. The fraction of sp³-hybridized carbons (Fsp3) is 0.250. The number of hydrogen-bond donors (Lipinski definition) is 0. The molecule has 0 unspecified atom stereocenters. The molecule has 3 nitrogen and oxygen atoms in total. The van der Waals surface area contributed by atoms with Crippen molar-refractivity contribution >= 4 is 17.4 Å². The van der Waals surface area contributed by atoms with Crippen LogP contribution in [0.4, 0.5) is 0 Å². The molecule has 0 aromatic carbocycles. The highest BCUT2D eigenvalue weighted by atomic mass is 32.2. The molecule has 0 fully saturated rings. The van der Waals surface area contributed by atoms with E-state index in [-0.39, 0.29) is 0 Å². The summed E-state index contributed by atoms with van der Waals surface area (Å²) < 4.78 is 1.79. The van der Waals surface area contributed by atoms with Crippen LogP contribution in [0.3, 0.4) is 0 Å². The van der Waals surface area contributed by atoms with Gasteiger partial charge in [0.1, 0.15) is 0 Å². The standard InChI is InChI=1S/C8H9N3S/c1-6-3-4-11-7(5-6)9-8(10-11)12-2/h3-5H,1-2H3. The minimum absolute atomic E-state index is 0.820. The first kappa shape index (κ1) is 7.61. The number of rotatable bonds is 1. The lowest BCUT2D eigenvalue weighted by molar-refractivity contribution is 0.887. The van der Waals surface area contributed by atoms with Crippen molar-refractivity contribution in [2.45, 2.75) is 12.1 Å². The summed E-state index contributed by atoms with van der Waals surface area (Å²) in [5, 5.41) is 5.06. The van der Waals surface area contributed by atoms with E-state index in [0.717, 1.165) is 10.8 Å². The number of aryl methyl sites for hydroxylation is 1. The Morgan fingerprint density at radius 1 is 1.50 bits per heavy atom. The minimum Gasteiger partial charge on any atom is -0.220 e. The van der Waals surface area contributed by atoms with E-state index in [9.17, 15) is 0 Å². The van der Waals surface area contributed by atoms with Gasteiger partial charge in [-0.1, -0.05) is 11.8 Å². The Morgan fingerprint density at radius 2 is 2.33 bits per heavy atom. The number of pyridine rings is 1. The summed E-state index contributed by atoms with van der Waals surface area (Å²) in [6, 6.07) is 4.04. The van der Waals surface area contributed by atoms with E-state index in [2.05, 4.69) is 10.1 Å². The Kier molecular flexibility index (Phi) is 1.77. The molecule has 0 bridgehead atoms. The summed E-state index contributed by atoms with van der Waals surface area (Å²) in [6.07, 6.45) is 3.90. The van der Waals surface area contributed by atoms with Crippen LogP contribution in [-0.2, 0) is 0 Å². The van der Waals surface area contributed by atoms with Crippen LogP contribution in [0.5, 0.6) is 0 Å². The predicted molar refractivity (Wildman–Crippen MR) is 49.5 cm³/mol. The molecule has 4 heteroatoms. The second-order valence-corrected chi connectivity index (χ2v) is 3.38. The van der Waals surface area contributed by atoms with Gasteiger partial charge in [-0.25, -0.2) is 9.50 Å². The monoisotopic (exact) mass is 179 g/mol. The third-order valence-corrected chi connectivity index (χ3v) is 2.19. The molecule has 12 heavy (non-hydrogen) atoms. The third kappa shape index (κ3) is 1.18. The molecule has 2 aromatic heterocycles. The quantitative estimate of drug-likeness (QED) is 0.625. The highest BCUT2D eigenvalue weighted by Crippen LogP contribution is 2.11. The molecule has 0 saturated carbocycles. The average Bonchev–Trinajstić information content (AvgIpc) is 2.46. The first-order valence-corrected chi connectivity index (χ1v) is 4.89. The van der Waals surface area contributed by atoms with Crippen molar-refractivity contribution < 1.29 is 0 Å². The Balaban J connectivity index is 2.67. The molecule has 0 amide bonds. The molecule has 0 N–H and O–H groups in total. The summed E-state index contributed by atoms with van der Waals surface area (Å²) in [5.74, 6) is 0. The van der Waals surface area contributed by atoms with Crippen molar-refractivity contribution in [3.05, 3.63) is 23.9 Å². The van der Waals surface area contributed by atoms with Crippen molar-refractivity contribution in [2.24, 2.45) is 0 Å². The lowest BCUT2D eigenvalue weighted by atomic mass is 10.3. The van der Waals surface area contributed by atoms with Crippen LogP contribution in [0.1, 0.15) is 5.56 Å². The van der Waals surface area contributed by atoms with E-state index < -0.39 is 0 Å². The molecule has 0 saturated heterocycles. The zero-order valence-electron chi connectivity index (χ0n) is 6.98. The maximum atomic E-state index is 4.31. The van der Waals surface area contributed by atoms with Gasteiger partial charge in [0.05, 0.1) is 0 Å². The van der Waals surface area contributed by atoms with E-state index in [1.54, 1.807) is 16.3 Å². The van der Waals surface area contributed by atoms with Gasteiger partial charge in [0.2, 0.25) is 5.16 Å². The van der Waals surface area contributed by atoms with Gasteiger partial charge in [-0.05, 0) is 30.9 Å². The van der Waals surface area contributed by atoms with E-state index in [4.69, 9.17) is 0 Å². The first-order valence-electron chi connectivity index (χ1n) is 3.66. The first-order chi connectivity index (χ1) is 5.79. The van der Waals surface area contributed by atoms with Crippen LogP contribution in [0.15, 0.2) is 23.5 Å². The minimum atomic E-state index is 0.820. The maximum absolute atomic E-state index is 4.31. The molecular weight excluding hydrogens is 170 g/mol. The fourth-order valence-electron chi connectivity index (χ4n) is 1.05. The van der Waals surface area contributed by atoms with Crippen molar-refractivity contribution in [2.75, 3.05) is 6.26 Å². The largest absolute Gasteiger partial charge is 0.220 e. The SMILES string of the molecule is CSc1nc2cc(C)ccn2n1. The maximum Gasteiger partial charge on any atom is 0.209 e. The van der Waals surface area contributed by atoms with Crippen molar-refractivity contribution in [3.63, 3.8) is 0 Å². The highest BCUT2D eigenvalue weighted by molar-refractivity contribution is 7.98. The van der Waals surface area contributed by atoms with E-state index in [0.29, 0.717) is 0 Å². The lowest BCUT2D eigenvalue weighted by Gasteiger charge is -1.90. The van der Waals surface area contributed by atoms with Crippen LogP contribution in [0, 0.1) is 6.92 Å². The third-order valence-electron chi connectivity index (χ3n) is 1.66. The topological polar surface area (TPSA) is 30.2 Å². The molecule has 0 aliphatic heterocycles. The van der Waals surface area contributed by atoms with Gasteiger partial charge in [-0.3, -0.25) is 0 Å². The summed E-state index contributed by atoms with van der Waals surface area (Å²) in [5.41, 5.74) is 2.13. The van der Waals surface area contributed by atoms with Crippen LogP contribution in [-0.4, -0.2) is 20.9 Å². The molecule has 0 spiro atoms. The smallest absolute Gasteiger partial charge is 0.209 e. The molecule has 0 atom stereocenters. The van der Waals surface area contributed by atoms with Gasteiger partial charge in [-0.2, -0.15) is 0 Å². The molecular formula is C8H9N3S. The zero-order chi connectivity index (χ0) is 8.55. The van der Waals surface area contributed by atoms with Gasteiger partial charge in [-0.15, -0.1) is 5.10 Å². The van der Waals surface area contributed by atoms with Gasteiger partial charge in [0.15, 0.2) is 5.65 Å².